The van der Waals surface area contributed by atoms with Gasteiger partial charge in [0.15, 0.2) is 11.6 Å². The number of carbonyl (C=O) groups excluding carboxylic acids is 2. The lowest BCUT2D eigenvalue weighted by atomic mass is 10.1. The zero-order valence-corrected chi connectivity index (χ0v) is 16.3. The number of imide groups is 1. The minimum absolute atomic E-state index is 0.0287. The normalized spacial score (nSPS) is 14.1. The van der Waals surface area contributed by atoms with E-state index in [0.29, 0.717) is 15.5 Å². The maximum atomic E-state index is 13.7. The third-order valence-corrected chi connectivity index (χ3v) is 5.64. The van der Waals surface area contributed by atoms with Gasteiger partial charge in [-0.1, -0.05) is 53.7 Å². The molecule has 7 heteroatoms. The Balaban J connectivity index is 1.81. The van der Waals surface area contributed by atoms with Crippen LogP contribution in [0.3, 0.4) is 0 Å². The van der Waals surface area contributed by atoms with Crippen molar-refractivity contribution >= 4 is 46.4 Å². The third-order valence-electron chi connectivity index (χ3n) is 4.30. The lowest BCUT2D eigenvalue weighted by Gasteiger charge is -2.15. The van der Waals surface area contributed by atoms with Crippen LogP contribution in [-0.4, -0.2) is 11.8 Å². The SMILES string of the molecule is O=C1C(Sc2ccc(Cl)cc2)=C(c2ccccc2)C(=O)N1c1ccc(F)c(F)c1. The van der Waals surface area contributed by atoms with Crippen molar-refractivity contribution in [3.63, 3.8) is 0 Å². The third kappa shape index (κ3) is 3.69. The van der Waals surface area contributed by atoms with Gasteiger partial charge in [0.05, 0.1) is 16.2 Å². The molecule has 4 rings (SSSR count). The lowest BCUT2D eigenvalue weighted by Crippen LogP contribution is -2.31. The van der Waals surface area contributed by atoms with Gasteiger partial charge in [-0.2, -0.15) is 0 Å². The second-order valence-corrected chi connectivity index (χ2v) is 7.69. The fraction of sp³-hybridized carbons (Fsp3) is 0. The average molecular weight is 428 g/mol. The van der Waals surface area contributed by atoms with E-state index >= 15 is 0 Å². The van der Waals surface area contributed by atoms with Gasteiger partial charge < -0.3 is 0 Å². The monoisotopic (exact) mass is 427 g/mol. The molecule has 144 valence electrons. The van der Waals surface area contributed by atoms with Crippen molar-refractivity contribution in [1.29, 1.82) is 0 Å². The van der Waals surface area contributed by atoms with Gasteiger partial charge in [-0.25, -0.2) is 13.7 Å². The molecule has 0 unspecified atom stereocenters. The van der Waals surface area contributed by atoms with Crippen LogP contribution in [0.1, 0.15) is 5.56 Å². The molecule has 1 heterocycles. The molecule has 2 amide bonds. The number of halogens is 3. The molecule has 3 aromatic carbocycles. The van der Waals surface area contributed by atoms with Gasteiger partial charge in [0.25, 0.3) is 11.8 Å². The summed E-state index contributed by atoms with van der Waals surface area (Å²) >= 11 is 7.04. The minimum atomic E-state index is -1.14. The first-order valence-corrected chi connectivity index (χ1v) is 9.72. The van der Waals surface area contributed by atoms with Crippen molar-refractivity contribution in [3.05, 3.63) is 99.9 Å². The van der Waals surface area contributed by atoms with Gasteiger partial charge in [-0.05, 0) is 42.0 Å². The Bertz CT molecular complexity index is 1150. The number of benzene rings is 3. The molecule has 0 spiro atoms. The van der Waals surface area contributed by atoms with Gasteiger partial charge >= 0.3 is 0 Å². The predicted octanol–water partition coefficient (Wildman–Crippen LogP) is 5.70. The van der Waals surface area contributed by atoms with E-state index in [9.17, 15) is 18.4 Å². The quantitative estimate of drug-likeness (QED) is 0.501. The molecule has 0 saturated carbocycles. The van der Waals surface area contributed by atoms with Crippen LogP contribution in [0.5, 0.6) is 0 Å². The molecule has 0 aromatic heterocycles. The maximum absolute atomic E-state index is 13.7. The molecule has 0 saturated heterocycles. The summed E-state index contributed by atoms with van der Waals surface area (Å²) in [4.78, 5) is 28.1. The first-order chi connectivity index (χ1) is 14.0. The number of thioether (sulfide) groups is 1. The van der Waals surface area contributed by atoms with E-state index in [1.54, 1.807) is 54.6 Å². The summed E-state index contributed by atoms with van der Waals surface area (Å²) < 4.78 is 27.1. The Morgan fingerprint density at radius 3 is 2.14 bits per heavy atom. The number of amides is 2. The van der Waals surface area contributed by atoms with Crippen molar-refractivity contribution < 1.29 is 18.4 Å². The van der Waals surface area contributed by atoms with Crippen LogP contribution in [0.25, 0.3) is 5.57 Å². The van der Waals surface area contributed by atoms with Crippen molar-refractivity contribution in [2.24, 2.45) is 0 Å². The summed E-state index contributed by atoms with van der Waals surface area (Å²) in [5, 5.41) is 0.545. The second-order valence-electron chi connectivity index (χ2n) is 6.17. The summed E-state index contributed by atoms with van der Waals surface area (Å²) in [6.07, 6.45) is 0. The Labute approximate surface area is 174 Å². The fourth-order valence-electron chi connectivity index (χ4n) is 2.94. The molecule has 29 heavy (non-hydrogen) atoms. The van der Waals surface area contributed by atoms with E-state index < -0.39 is 23.4 Å². The van der Waals surface area contributed by atoms with Crippen LogP contribution < -0.4 is 4.90 Å². The van der Waals surface area contributed by atoms with Crippen LogP contribution in [0.15, 0.2) is 82.6 Å². The number of anilines is 1. The van der Waals surface area contributed by atoms with Crippen molar-refractivity contribution in [2.45, 2.75) is 4.90 Å². The van der Waals surface area contributed by atoms with Crippen LogP contribution in [0.4, 0.5) is 14.5 Å². The number of carbonyl (C=O) groups is 2. The number of hydrogen-bond acceptors (Lipinski definition) is 3. The molecule has 3 aromatic rings. The Hall–Kier alpha value is -2.96. The first kappa shape index (κ1) is 19.4. The Morgan fingerprint density at radius 2 is 1.48 bits per heavy atom. The number of rotatable bonds is 4. The first-order valence-electron chi connectivity index (χ1n) is 8.52. The van der Waals surface area contributed by atoms with E-state index in [1.807, 2.05) is 0 Å². The molecule has 0 aliphatic carbocycles. The minimum Gasteiger partial charge on any atom is -0.268 e. The summed E-state index contributed by atoms with van der Waals surface area (Å²) in [6.45, 7) is 0. The molecule has 3 nitrogen and oxygen atoms in total. The lowest BCUT2D eigenvalue weighted by molar-refractivity contribution is -0.119. The highest BCUT2D eigenvalue weighted by Crippen LogP contribution is 2.41. The van der Waals surface area contributed by atoms with Crippen molar-refractivity contribution in [1.82, 2.24) is 0 Å². The predicted molar refractivity (Wildman–Crippen MR) is 110 cm³/mol. The maximum Gasteiger partial charge on any atom is 0.272 e. The number of hydrogen-bond donors (Lipinski definition) is 0. The van der Waals surface area contributed by atoms with Gasteiger partial charge in [0.2, 0.25) is 0 Å². The highest BCUT2D eigenvalue weighted by Gasteiger charge is 2.40. The van der Waals surface area contributed by atoms with Crippen LogP contribution in [-0.2, 0) is 9.59 Å². The van der Waals surface area contributed by atoms with Crippen LogP contribution in [0, 0.1) is 11.6 Å². The highest BCUT2D eigenvalue weighted by atomic mass is 35.5. The average Bonchev–Trinajstić information content (AvgIpc) is 2.96. The largest absolute Gasteiger partial charge is 0.272 e. The topological polar surface area (TPSA) is 37.4 Å². The summed E-state index contributed by atoms with van der Waals surface area (Å²) in [6, 6.07) is 18.5. The molecular formula is C22H12ClF2NO2S. The molecule has 0 fully saturated rings. The van der Waals surface area contributed by atoms with Crippen LogP contribution >= 0.6 is 23.4 Å². The standard InChI is InChI=1S/C22H12ClF2NO2S/c23-14-6-9-16(10-7-14)29-20-19(13-4-2-1-3-5-13)21(27)26(22(20)28)15-8-11-17(24)18(25)12-15/h1-12H. The molecule has 0 N–H and O–H groups in total. The van der Waals surface area contributed by atoms with Crippen molar-refractivity contribution in [2.75, 3.05) is 4.90 Å². The van der Waals surface area contributed by atoms with Gasteiger partial charge in [-0.15, -0.1) is 0 Å². The van der Waals surface area contributed by atoms with E-state index in [0.717, 1.165) is 28.8 Å². The van der Waals surface area contributed by atoms with Crippen LogP contribution in [0.2, 0.25) is 5.02 Å². The van der Waals surface area contributed by atoms with E-state index in [1.165, 1.54) is 6.07 Å². The van der Waals surface area contributed by atoms with E-state index in [4.69, 9.17) is 11.6 Å². The summed E-state index contributed by atoms with van der Waals surface area (Å²) in [5.74, 6) is -3.38. The Kier molecular flexibility index (Phi) is 5.22. The second kappa shape index (κ2) is 7.81. The summed E-state index contributed by atoms with van der Waals surface area (Å²) in [5.41, 5.74) is 0.742. The molecule has 0 bridgehead atoms. The van der Waals surface area contributed by atoms with Gasteiger partial charge in [0.1, 0.15) is 0 Å². The zero-order chi connectivity index (χ0) is 20.5. The molecule has 1 aliphatic heterocycles. The van der Waals surface area contributed by atoms with E-state index in [2.05, 4.69) is 0 Å². The van der Waals surface area contributed by atoms with Crippen molar-refractivity contribution in [3.8, 4) is 0 Å². The smallest absolute Gasteiger partial charge is 0.268 e. The van der Waals surface area contributed by atoms with Gasteiger partial charge in [-0.3, -0.25) is 9.59 Å². The summed E-state index contributed by atoms with van der Waals surface area (Å²) in [7, 11) is 0. The molecular weight excluding hydrogens is 416 g/mol. The molecule has 0 radical (unpaired) electrons. The molecule has 0 atom stereocenters. The highest BCUT2D eigenvalue weighted by molar-refractivity contribution is 8.04. The zero-order valence-electron chi connectivity index (χ0n) is 14.7. The molecule has 1 aliphatic rings. The van der Waals surface area contributed by atoms with E-state index in [-0.39, 0.29) is 16.2 Å². The fourth-order valence-corrected chi connectivity index (χ4v) is 4.06. The Morgan fingerprint density at radius 1 is 0.793 bits per heavy atom. The van der Waals surface area contributed by atoms with Gasteiger partial charge in [0, 0.05) is 16.0 Å². The number of nitrogens with zero attached hydrogens (tertiary/aromatic N) is 1.